The zero-order valence-electron chi connectivity index (χ0n) is 11.2. The lowest BCUT2D eigenvalue weighted by Gasteiger charge is -2.08. The summed E-state index contributed by atoms with van der Waals surface area (Å²) in [6.07, 6.45) is 0.851. The number of aryl methyl sites for hydroxylation is 1. The third kappa shape index (κ3) is 6.25. The predicted molar refractivity (Wildman–Crippen MR) is 73.8 cm³/mol. The maximum Gasteiger partial charge on any atom is 0.239 e. The highest BCUT2D eigenvalue weighted by Gasteiger charge is 2.00. The Morgan fingerprint density at radius 1 is 1.28 bits per heavy atom. The Morgan fingerprint density at radius 3 is 2.67 bits per heavy atom. The second kappa shape index (κ2) is 8.53. The summed E-state index contributed by atoms with van der Waals surface area (Å²) in [6.45, 7) is 6.39. The molecule has 0 bridgehead atoms. The van der Waals surface area contributed by atoms with Crippen LogP contribution < -0.4 is 10.6 Å². The van der Waals surface area contributed by atoms with E-state index in [1.807, 2.05) is 38.1 Å². The zero-order valence-corrected chi connectivity index (χ0v) is 11.2. The van der Waals surface area contributed by atoms with Crippen molar-refractivity contribution in [3.8, 4) is 0 Å². The standard InChI is InChI=1S/C14H22N2O2/c1-3-18-10-4-9-15-14(17)11-16-13-7-5-12(2)6-8-13/h5-8,16H,3-4,9-11H2,1-2H3,(H,15,17). The molecule has 4 heteroatoms. The fourth-order valence-corrected chi connectivity index (χ4v) is 1.46. The molecular weight excluding hydrogens is 228 g/mol. The molecule has 0 saturated carbocycles. The number of benzene rings is 1. The second-order valence-corrected chi connectivity index (χ2v) is 4.12. The highest BCUT2D eigenvalue weighted by atomic mass is 16.5. The normalized spacial score (nSPS) is 10.1. The van der Waals surface area contributed by atoms with Gasteiger partial charge in [-0.1, -0.05) is 17.7 Å². The van der Waals surface area contributed by atoms with Gasteiger partial charge >= 0.3 is 0 Å². The second-order valence-electron chi connectivity index (χ2n) is 4.12. The summed E-state index contributed by atoms with van der Waals surface area (Å²) in [5.41, 5.74) is 2.17. The molecule has 0 saturated heterocycles. The monoisotopic (exact) mass is 250 g/mol. The van der Waals surface area contributed by atoms with Crippen molar-refractivity contribution < 1.29 is 9.53 Å². The van der Waals surface area contributed by atoms with E-state index in [4.69, 9.17) is 4.74 Å². The van der Waals surface area contributed by atoms with Crippen molar-refractivity contribution in [2.75, 3.05) is 31.6 Å². The average Bonchev–Trinajstić information content (AvgIpc) is 2.38. The Balaban J connectivity index is 2.11. The van der Waals surface area contributed by atoms with Crippen LogP contribution >= 0.6 is 0 Å². The van der Waals surface area contributed by atoms with E-state index < -0.39 is 0 Å². The first-order chi connectivity index (χ1) is 8.72. The summed E-state index contributed by atoms with van der Waals surface area (Å²) in [5.74, 6) is 0.00655. The van der Waals surface area contributed by atoms with Crippen LogP contribution in [0.1, 0.15) is 18.9 Å². The van der Waals surface area contributed by atoms with Gasteiger partial charge in [0.1, 0.15) is 0 Å². The molecule has 0 aliphatic heterocycles. The van der Waals surface area contributed by atoms with Crippen molar-refractivity contribution in [1.82, 2.24) is 5.32 Å². The smallest absolute Gasteiger partial charge is 0.239 e. The van der Waals surface area contributed by atoms with Crippen LogP contribution in [0.15, 0.2) is 24.3 Å². The molecule has 1 aromatic carbocycles. The summed E-state index contributed by atoms with van der Waals surface area (Å²) >= 11 is 0. The van der Waals surface area contributed by atoms with E-state index in [1.54, 1.807) is 0 Å². The Morgan fingerprint density at radius 2 is 2.00 bits per heavy atom. The van der Waals surface area contributed by atoms with E-state index in [9.17, 15) is 4.79 Å². The van der Waals surface area contributed by atoms with Crippen LogP contribution in [-0.4, -0.2) is 32.2 Å². The molecule has 0 atom stereocenters. The Kier molecular flexibility index (Phi) is 6.87. The van der Waals surface area contributed by atoms with Crippen molar-refractivity contribution in [3.63, 3.8) is 0 Å². The van der Waals surface area contributed by atoms with Crippen LogP contribution in [-0.2, 0) is 9.53 Å². The van der Waals surface area contributed by atoms with Crippen molar-refractivity contribution in [1.29, 1.82) is 0 Å². The number of nitrogens with one attached hydrogen (secondary N) is 2. The fraction of sp³-hybridized carbons (Fsp3) is 0.500. The molecule has 0 fully saturated rings. The number of ether oxygens (including phenoxy) is 1. The Labute approximate surface area is 109 Å². The zero-order chi connectivity index (χ0) is 13.2. The quantitative estimate of drug-likeness (QED) is 0.693. The van der Waals surface area contributed by atoms with Gasteiger partial charge in [-0.25, -0.2) is 0 Å². The largest absolute Gasteiger partial charge is 0.382 e. The predicted octanol–water partition coefficient (Wildman–Crippen LogP) is 1.95. The SMILES string of the molecule is CCOCCCNC(=O)CNc1ccc(C)cc1. The molecule has 2 N–H and O–H groups in total. The van der Waals surface area contributed by atoms with Gasteiger partial charge in [0.05, 0.1) is 6.54 Å². The molecule has 1 aromatic rings. The van der Waals surface area contributed by atoms with E-state index in [1.165, 1.54) is 5.56 Å². The summed E-state index contributed by atoms with van der Waals surface area (Å²) < 4.78 is 5.19. The molecule has 100 valence electrons. The molecule has 0 heterocycles. The van der Waals surface area contributed by atoms with Gasteiger partial charge in [0.15, 0.2) is 0 Å². The van der Waals surface area contributed by atoms with Crippen molar-refractivity contribution >= 4 is 11.6 Å². The van der Waals surface area contributed by atoms with Gasteiger partial charge in [-0.15, -0.1) is 0 Å². The van der Waals surface area contributed by atoms with Crippen LogP contribution in [0.4, 0.5) is 5.69 Å². The highest BCUT2D eigenvalue weighted by molar-refractivity contribution is 5.80. The van der Waals surface area contributed by atoms with Crippen molar-refractivity contribution in [2.45, 2.75) is 20.3 Å². The van der Waals surface area contributed by atoms with Crippen LogP contribution in [0.5, 0.6) is 0 Å². The fourth-order valence-electron chi connectivity index (χ4n) is 1.46. The maximum absolute atomic E-state index is 11.5. The van der Waals surface area contributed by atoms with Gasteiger partial charge in [-0.3, -0.25) is 4.79 Å². The first-order valence-electron chi connectivity index (χ1n) is 6.37. The van der Waals surface area contributed by atoms with Gasteiger partial charge < -0.3 is 15.4 Å². The molecule has 0 aliphatic rings. The molecule has 0 aliphatic carbocycles. The van der Waals surface area contributed by atoms with Gasteiger partial charge in [0, 0.05) is 25.4 Å². The van der Waals surface area contributed by atoms with Crippen LogP contribution in [0.3, 0.4) is 0 Å². The molecule has 1 rings (SSSR count). The number of hydrogen-bond acceptors (Lipinski definition) is 3. The number of carbonyl (C=O) groups is 1. The highest BCUT2D eigenvalue weighted by Crippen LogP contribution is 2.07. The first kappa shape index (κ1) is 14.5. The maximum atomic E-state index is 11.5. The summed E-state index contributed by atoms with van der Waals surface area (Å²) in [7, 11) is 0. The van der Waals surface area contributed by atoms with Crippen LogP contribution in [0.2, 0.25) is 0 Å². The van der Waals surface area contributed by atoms with Gasteiger partial charge in [-0.05, 0) is 32.4 Å². The van der Waals surface area contributed by atoms with Crippen molar-refractivity contribution in [3.05, 3.63) is 29.8 Å². The average molecular weight is 250 g/mol. The molecule has 0 unspecified atom stereocenters. The molecule has 0 aromatic heterocycles. The van der Waals surface area contributed by atoms with E-state index in [-0.39, 0.29) is 5.91 Å². The summed E-state index contributed by atoms with van der Waals surface area (Å²) in [6, 6.07) is 7.97. The molecule has 1 amide bonds. The number of anilines is 1. The molecular formula is C14H22N2O2. The third-order valence-corrected chi connectivity index (χ3v) is 2.50. The minimum atomic E-state index is 0.00655. The van der Waals surface area contributed by atoms with E-state index in [0.717, 1.165) is 18.7 Å². The lowest BCUT2D eigenvalue weighted by Crippen LogP contribution is -2.31. The van der Waals surface area contributed by atoms with E-state index >= 15 is 0 Å². The van der Waals surface area contributed by atoms with Crippen LogP contribution in [0.25, 0.3) is 0 Å². The van der Waals surface area contributed by atoms with Crippen molar-refractivity contribution in [2.24, 2.45) is 0 Å². The lowest BCUT2D eigenvalue weighted by atomic mass is 10.2. The Hall–Kier alpha value is -1.55. The van der Waals surface area contributed by atoms with Crippen LogP contribution in [0, 0.1) is 6.92 Å². The third-order valence-electron chi connectivity index (χ3n) is 2.50. The molecule has 0 spiro atoms. The number of amides is 1. The first-order valence-corrected chi connectivity index (χ1v) is 6.37. The number of hydrogen-bond donors (Lipinski definition) is 2. The minimum Gasteiger partial charge on any atom is -0.382 e. The minimum absolute atomic E-state index is 0.00655. The lowest BCUT2D eigenvalue weighted by molar-refractivity contribution is -0.119. The molecule has 18 heavy (non-hydrogen) atoms. The Bertz CT molecular complexity index is 349. The van der Waals surface area contributed by atoms with Gasteiger partial charge in [-0.2, -0.15) is 0 Å². The number of carbonyl (C=O) groups excluding carboxylic acids is 1. The topological polar surface area (TPSA) is 50.4 Å². The van der Waals surface area contributed by atoms with Gasteiger partial charge in [0.25, 0.3) is 0 Å². The van der Waals surface area contributed by atoms with E-state index in [2.05, 4.69) is 10.6 Å². The van der Waals surface area contributed by atoms with Gasteiger partial charge in [0.2, 0.25) is 5.91 Å². The molecule has 4 nitrogen and oxygen atoms in total. The van der Waals surface area contributed by atoms with E-state index in [0.29, 0.717) is 19.7 Å². The number of rotatable bonds is 8. The summed E-state index contributed by atoms with van der Waals surface area (Å²) in [4.78, 5) is 11.5. The summed E-state index contributed by atoms with van der Waals surface area (Å²) in [5, 5.41) is 5.92. The molecule has 0 radical (unpaired) electrons.